The minimum absolute atomic E-state index is 0.0362. The van der Waals surface area contributed by atoms with Gasteiger partial charge in [-0.15, -0.1) is 0 Å². The molecular weight excluding hydrogens is 280 g/mol. The van der Waals surface area contributed by atoms with Crippen LogP contribution in [0.5, 0.6) is 0 Å². The molecule has 0 amide bonds. The quantitative estimate of drug-likeness (QED) is 0.863. The van der Waals surface area contributed by atoms with E-state index in [1.807, 2.05) is 4.90 Å². The van der Waals surface area contributed by atoms with Gasteiger partial charge in [0.15, 0.2) is 11.6 Å². The van der Waals surface area contributed by atoms with Gasteiger partial charge in [0.2, 0.25) is 0 Å². The third-order valence-corrected chi connectivity index (χ3v) is 3.80. The maximum atomic E-state index is 14.1. The standard InChI is InChI=1S/C14H19F2N3S/c1-2-5-18-6-8-19(9-7-18)11-4-3-10(14(17)20)12(15)13(11)16/h3-4H,2,5-9H2,1H3,(H2,17,20). The second kappa shape index (κ2) is 6.45. The van der Waals surface area contributed by atoms with Crippen molar-refractivity contribution >= 4 is 22.9 Å². The van der Waals surface area contributed by atoms with Crippen LogP contribution in [0.3, 0.4) is 0 Å². The molecule has 1 heterocycles. The number of hydrogen-bond acceptors (Lipinski definition) is 3. The van der Waals surface area contributed by atoms with Crippen molar-refractivity contribution < 1.29 is 8.78 Å². The summed E-state index contributed by atoms with van der Waals surface area (Å²) in [6.07, 6.45) is 1.10. The van der Waals surface area contributed by atoms with Crippen molar-refractivity contribution in [3.63, 3.8) is 0 Å². The monoisotopic (exact) mass is 299 g/mol. The van der Waals surface area contributed by atoms with E-state index in [4.69, 9.17) is 18.0 Å². The first kappa shape index (κ1) is 15.1. The van der Waals surface area contributed by atoms with E-state index >= 15 is 0 Å². The molecule has 2 rings (SSSR count). The molecular formula is C14H19F2N3S. The Bertz CT molecular complexity index is 499. The normalized spacial score (nSPS) is 16.4. The minimum Gasteiger partial charge on any atom is -0.389 e. The van der Waals surface area contributed by atoms with Crippen molar-refractivity contribution in [2.45, 2.75) is 13.3 Å². The highest BCUT2D eigenvalue weighted by Gasteiger charge is 2.22. The maximum absolute atomic E-state index is 14.1. The smallest absolute Gasteiger partial charge is 0.182 e. The highest BCUT2D eigenvalue weighted by molar-refractivity contribution is 7.80. The largest absolute Gasteiger partial charge is 0.389 e. The average molecular weight is 299 g/mol. The number of anilines is 1. The van der Waals surface area contributed by atoms with E-state index in [0.29, 0.717) is 18.8 Å². The van der Waals surface area contributed by atoms with Crippen LogP contribution in [0.2, 0.25) is 0 Å². The topological polar surface area (TPSA) is 32.5 Å². The average Bonchev–Trinajstić information content (AvgIpc) is 2.43. The van der Waals surface area contributed by atoms with Gasteiger partial charge in [0.05, 0.1) is 5.69 Å². The fourth-order valence-electron chi connectivity index (χ4n) is 2.50. The van der Waals surface area contributed by atoms with Crippen molar-refractivity contribution in [1.29, 1.82) is 0 Å². The van der Waals surface area contributed by atoms with Crippen LogP contribution in [0, 0.1) is 11.6 Å². The number of thiocarbonyl (C=S) groups is 1. The van der Waals surface area contributed by atoms with E-state index in [1.165, 1.54) is 6.07 Å². The summed E-state index contributed by atoms with van der Waals surface area (Å²) in [5.41, 5.74) is 5.62. The molecule has 1 aliphatic heterocycles. The molecule has 1 saturated heterocycles. The number of rotatable bonds is 4. The Balaban J connectivity index is 2.15. The Morgan fingerprint density at radius 1 is 1.20 bits per heavy atom. The SMILES string of the molecule is CCCN1CCN(c2ccc(C(N)=S)c(F)c2F)CC1. The molecule has 0 saturated carbocycles. The van der Waals surface area contributed by atoms with Crippen LogP contribution in [0.15, 0.2) is 12.1 Å². The fraction of sp³-hybridized carbons (Fsp3) is 0.500. The number of hydrogen-bond donors (Lipinski definition) is 1. The van der Waals surface area contributed by atoms with Gasteiger partial charge in [0.25, 0.3) is 0 Å². The zero-order valence-corrected chi connectivity index (χ0v) is 12.3. The molecule has 1 aromatic rings. The van der Waals surface area contributed by atoms with Crippen molar-refractivity contribution in [1.82, 2.24) is 4.90 Å². The van der Waals surface area contributed by atoms with Gasteiger partial charge in [-0.3, -0.25) is 4.90 Å². The number of halogens is 2. The van der Waals surface area contributed by atoms with Crippen molar-refractivity contribution in [2.75, 3.05) is 37.6 Å². The zero-order chi connectivity index (χ0) is 14.7. The third-order valence-electron chi connectivity index (χ3n) is 3.58. The van der Waals surface area contributed by atoms with E-state index in [0.717, 1.165) is 26.1 Å². The molecule has 0 spiro atoms. The Morgan fingerprint density at radius 3 is 2.40 bits per heavy atom. The van der Waals surface area contributed by atoms with Gasteiger partial charge < -0.3 is 10.6 Å². The van der Waals surface area contributed by atoms with Gasteiger partial charge in [-0.1, -0.05) is 19.1 Å². The highest BCUT2D eigenvalue weighted by Crippen LogP contribution is 2.25. The van der Waals surface area contributed by atoms with E-state index in [2.05, 4.69) is 11.8 Å². The van der Waals surface area contributed by atoms with Crippen LogP contribution >= 0.6 is 12.2 Å². The van der Waals surface area contributed by atoms with E-state index < -0.39 is 11.6 Å². The van der Waals surface area contributed by atoms with Crippen molar-refractivity contribution in [2.24, 2.45) is 5.73 Å². The third kappa shape index (κ3) is 3.07. The number of piperazine rings is 1. The lowest BCUT2D eigenvalue weighted by Crippen LogP contribution is -2.46. The number of nitrogens with two attached hydrogens (primary N) is 1. The van der Waals surface area contributed by atoms with E-state index in [1.54, 1.807) is 6.07 Å². The molecule has 0 atom stereocenters. The predicted octanol–water partition coefficient (Wildman–Crippen LogP) is 2.13. The molecule has 1 aliphatic rings. The van der Waals surface area contributed by atoms with Gasteiger partial charge in [-0.2, -0.15) is 0 Å². The second-order valence-electron chi connectivity index (χ2n) is 4.95. The van der Waals surface area contributed by atoms with Crippen LogP contribution in [0.4, 0.5) is 14.5 Å². The van der Waals surface area contributed by atoms with Crippen LogP contribution in [0.25, 0.3) is 0 Å². The molecule has 0 bridgehead atoms. The first-order chi connectivity index (χ1) is 9.54. The molecule has 1 fully saturated rings. The summed E-state index contributed by atoms with van der Waals surface area (Å²) in [6.45, 7) is 6.31. The number of nitrogens with zero attached hydrogens (tertiary/aromatic N) is 2. The summed E-state index contributed by atoms with van der Waals surface area (Å²) in [6, 6.07) is 3.01. The first-order valence-corrected chi connectivity index (χ1v) is 7.20. The Kier molecular flexibility index (Phi) is 4.88. The van der Waals surface area contributed by atoms with Gasteiger partial charge >= 0.3 is 0 Å². The van der Waals surface area contributed by atoms with Gasteiger partial charge in [-0.25, -0.2) is 8.78 Å². The molecule has 6 heteroatoms. The fourth-order valence-corrected chi connectivity index (χ4v) is 2.66. The summed E-state index contributed by atoms with van der Waals surface area (Å²) in [5, 5.41) is 0. The lowest BCUT2D eigenvalue weighted by molar-refractivity contribution is 0.257. The summed E-state index contributed by atoms with van der Waals surface area (Å²) >= 11 is 4.70. The summed E-state index contributed by atoms with van der Waals surface area (Å²) in [4.78, 5) is 4.07. The van der Waals surface area contributed by atoms with Gasteiger partial charge in [0.1, 0.15) is 4.99 Å². The molecule has 0 unspecified atom stereocenters. The second-order valence-corrected chi connectivity index (χ2v) is 5.39. The van der Waals surface area contributed by atoms with Gasteiger partial charge in [0, 0.05) is 31.7 Å². The Morgan fingerprint density at radius 2 is 1.85 bits per heavy atom. The summed E-state index contributed by atoms with van der Waals surface area (Å²) in [5.74, 6) is -1.81. The maximum Gasteiger partial charge on any atom is 0.182 e. The molecule has 3 nitrogen and oxygen atoms in total. The molecule has 1 aromatic carbocycles. The molecule has 20 heavy (non-hydrogen) atoms. The molecule has 0 radical (unpaired) electrons. The Labute approximate surface area is 123 Å². The predicted molar refractivity (Wildman–Crippen MR) is 81.2 cm³/mol. The van der Waals surface area contributed by atoms with Gasteiger partial charge in [-0.05, 0) is 25.1 Å². The van der Waals surface area contributed by atoms with Crippen LogP contribution in [0.1, 0.15) is 18.9 Å². The van der Waals surface area contributed by atoms with Crippen LogP contribution in [-0.2, 0) is 0 Å². The molecule has 0 aromatic heterocycles. The molecule has 110 valence electrons. The van der Waals surface area contributed by atoms with Crippen molar-refractivity contribution in [3.05, 3.63) is 29.3 Å². The molecule has 2 N–H and O–H groups in total. The van der Waals surface area contributed by atoms with Crippen molar-refractivity contribution in [3.8, 4) is 0 Å². The van der Waals surface area contributed by atoms with E-state index in [-0.39, 0.29) is 10.6 Å². The lowest BCUT2D eigenvalue weighted by Gasteiger charge is -2.36. The zero-order valence-electron chi connectivity index (χ0n) is 11.5. The van der Waals surface area contributed by atoms with E-state index in [9.17, 15) is 8.78 Å². The minimum atomic E-state index is -0.953. The molecule has 0 aliphatic carbocycles. The van der Waals surface area contributed by atoms with Crippen LogP contribution < -0.4 is 10.6 Å². The summed E-state index contributed by atoms with van der Waals surface area (Å²) in [7, 11) is 0. The lowest BCUT2D eigenvalue weighted by atomic mass is 10.1. The summed E-state index contributed by atoms with van der Waals surface area (Å²) < 4.78 is 28.0. The Hall–Kier alpha value is -1.27. The highest BCUT2D eigenvalue weighted by atomic mass is 32.1. The number of benzene rings is 1. The first-order valence-electron chi connectivity index (χ1n) is 6.79. The van der Waals surface area contributed by atoms with Crippen LogP contribution in [-0.4, -0.2) is 42.6 Å².